The first-order valence-electron chi connectivity index (χ1n) is 31.7. The van der Waals surface area contributed by atoms with Gasteiger partial charge in [-0.05, 0) is 80.8 Å². The first-order valence-corrected chi connectivity index (χ1v) is 31.7. The van der Waals surface area contributed by atoms with E-state index in [0.717, 1.165) is 49.7 Å². The van der Waals surface area contributed by atoms with Crippen molar-refractivity contribution in [3.63, 3.8) is 0 Å². The second-order valence-electron chi connectivity index (χ2n) is 28.8. The predicted octanol–water partition coefficient (Wildman–Crippen LogP) is 5.58. The van der Waals surface area contributed by atoms with Crippen molar-refractivity contribution in [3.05, 3.63) is 24.3 Å². The number of fused-ring (bicyclic) bond motifs is 11. The van der Waals surface area contributed by atoms with Gasteiger partial charge in [-0.15, -0.1) is 0 Å². The number of carbonyl (C=O) groups is 1. The predicted molar refractivity (Wildman–Crippen MR) is 281 cm³/mol. The molecular weight excluding hydrogens is 1050 g/mol. The summed E-state index contributed by atoms with van der Waals surface area (Å²) in [6.45, 7) is 20.1. The zero-order valence-corrected chi connectivity index (χ0v) is 47.9. The Labute approximate surface area is 475 Å². The lowest BCUT2D eigenvalue weighted by Crippen LogP contribution is -2.62. The van der Waals surface area contributed by atoms with Gasteiger partial charge in [0, 0.05) is 69.6 Å². The maximum Gasteiger partial charge on any atom is 0.308 e. The van der Waals surface area contributed by atoms with Crippen LogP contribution in [0.4, 0.5) is 0 Å². The molecule has 0 amide bonds. The zero-order chi connectivity index (χ0) is 55.2. The Kier molecular flexibility index (Phi) is 13.4. The number of hydrogen-bond acceptors (Lipinski definition) is 19. The molecule has 33 unspecified atom stereocenters. The van der Waals surface area contributed by atoms with Crippen LogP contribution >= 0.6 is 0 Å². The Hall–Kier alpha value is -1.73. The molecular formula is C62H88O19. The van der Waals surface area contributed by atoms with Crippen LogP contribution in [0, 0.1) is 29.6 Å². The van der Waals surface area contributed by atoms with Crippen LogP contribution in [-0.4, -0.2) is 199 Å². The quantitative estimate of drug-likeness (QED) is 0.256. The van der Waals surface area contributed by atoms with Crippen LogP contribution in [-0.2, 0) is 80.6 Å². The molecule has 0 aromatic heterocycles. The summed E-state index contributed by atoms with van der Waals surface area (Å²) in [6, 6.07) is 0. The van der Waals surface area contributed by atoms with Crippen LogP contribution in [0.3, 0.4) is 0 Å². The molecule has 12 bridgehead atoms. The number of hydrogen-bond donors (Lipinski definition) is 2. The molecule has 19 nitrogen and oxygen atoms in total. The van der Waals surface area contributed by atoms with Crippen molar-refractivity contribution in [2.45, 2.75) is 313 Å². The van der Waals surface area contributed by atoms with Crippen LogP contribution in [0.25, 0.3) is 0 Å². The molecule has 450 valence electrons. The lowest BCUT2D eigenvalue weighted by atomic mass is 9.77. The Morgan fingerprint density at radius 1 is 0.543 bits per heavy atom. The molecule has 0 aliphatic carbocycles. The van der Waals surface area contributed by atoms with Crippen molar-refractivity contribution in [2.24, 2.45) is 29.6 Å². The fraction of sp³-hybridized carbons (Fsp3) is 0.919. The summed E-state index contributed by atoms with van der Waals surface area (Å²) in [5, 5.41) is 20.3. The average molecular weight is 1140 g/mol. The van der Waals surface area contributed by atoms with E-state index in [-0.39, 0.29) is 158 Å². The van der Waals surface area contributed by atoms with E-state index in [9.17, 15) is 15.0 Å². The molecule has 81 heavy (non-hydrogen) atoms. The maximum absolute atomic E-state index is 14.6. The number of aliphatic hydroxyl groups excluding tert-OH is 2. The Balaban J connectivity index is 0.630. The number of esters is 1. The number of ether oxygens (including phenoxy) is 16. The van der Waals surface area contributed by atoms with Crippen LogP contribution in [0.1, 0.15) is 144 Å². The van der Waals surface area contributed by atoms with Crippen LogP contribution < -0.4 is 0 Å². The Bertz CT molecular complexity index is 2460. The van der Waals surface area contributed by atoms with Crippen LogP contribution in [0.5, 0.6) is 0 Å². The molecule has 17 rings (SSSR count). The summed E-state index contributed by atoms with van der Waals surface area (Å²) in [5.74, 6) is -2.96. The highest BCUT2D eigenvalue weighted by atomic mass is 16.8. The molecule has 0 aromatic rings. The van der Waals surface area contributed by atoms with Gasteiger partial charge in [0.15, 0.2) is 17.4 Å². The Morgan fingerprint density at radius 2 is 1.25 bits per heavy atom. The van der Waals surface area contributed by atoms with Crippen molar-refractivity contribution >= 4 is 5.97 Å². The molecule has 0 radical (unpaired) electrons. The number of aliphatic hydroxyl groups is 2. The van der Waals surface area contributed by atoms with Gasteiger partial charge in [-0.1, -0.05) is 40.9 Å². The highest BCUT2D eigenvalue weighted by Crippen LogP contribution is 2.60. The molecule has 0 saturated carbocycles. The van der Waals surface area contributed by atoms with E-state index in [1.165, 1.54) is 0 Å². The molecule has 0 aromatic carbocycles. The van der Waals surface area contributed by atoms with Crippen molar-refractivity contribution in [1.29, 1.82) is 0 Å². The average Bonchev–Trinajstić information content (AvgIpc) is 2.35. The molecule has 17 heterocycles. The van der Waals surface area contributed by atoms with Crippen molar-refractivity contribution < 1.29 is 90.8 Å². The van der Waals surface area contributed by atoms with E-state index in [2.05, 4.69) is 47.8 Å². The highest BCUT2D eigenvalue weighted by molar-refractivity contribution is 5.70. The highest BCUT2D eigenvalue weighted by Gasteiger charge is 2.73. The minimum atomic E-state index is -0.910. The summed E-state index contributed by atoms with van der Waals surface area (Å²) >= 11 is 0. The minimum absolute atomic E-state index is 0.00643. The van der Waals surface area contributed by atoms with Crippen molar-refractivity contribution in [3.8, 4) is 0 Å². The van der Waals surface area contributed by atoms with Gasteiger partial charge in [-0.3, -0.25) is 4.79 Å². The van der Waals surface area contributed by atoms with Gasteiger partial charge in [-0.25, -0.2) is 0 Å². The van der Waals surface area contributed by atoms with Gasteiger partial charge in [0.1, 0.15) is 42.2 Å². The van der Waals surface area contributed by atoms with Crippen molar-refractivity contribution in [1.82, 2.24) is 0 Å². The molecule has 17 fully saturated rings. The summed E-state index contributed by atoms with van der Waals surface area (Å²) < 4.78 is 111. The van der Waals surface area contributed by atoms with E-state index >= 15 is 0 Å². The van der Waals surface area contributed by atoms with Crippen LogP contribution in [0.15, 0.2) is 24.3 Å². The van der Waals surface area contributed by atoms with Gasteiger partial charge in [0.05, 0.1) is 130 Å². The third-order valence-electron chi connectivity index (χ3n) is 23.1. The van der Waals surface area contributed by atoms with Gasteiger partial charge >= 0.3 is 5.97 Å². The molecule has 3 spiro atoms. The van der Waals surface area contributed by atoms with Gasteiger partial charge in [0.25, 0.3) is 0 Å². The largest absolute Gasteiger partial charge is 0.459 e. The van der Waals surface area contributed by atoms with Gasteiger partial charge in [-0.2, -0.15) is 0 Å². The fourth-order valence-corrected chi connectivity index (χ4v) is 19.3. The van der Waals surface area contributed by atoms with Crippen molar-refractivity contribution in [2.75, 3.05) is 13.2 Å². The summed E-state index contributed by atoms with van der Waals surface area (Å²) in [4.78, 5) is 14.6. The van der Waals surface area contributed by atoms with E-state index in [1.54, 1.807) is 0 Å². The Morgan fingerprint density at radius 3 is 2.10 bits per heavy atom. The maximum atomic E-state index is 14.6. The standard InChI is InChI=1S/C62H88O19/c1-27-14-33-8-10-38-28(2)15-35(67-38)12-13-60-26-59(7)58(81-60)57-56(78-59)55(80-60)54-39(71-57)11-9-34(69-54)16-48(65)73-52-32(6)51-44(70-43(52)17-40(68-33)31(27)5)18-41-46(72-51)22-62(75-41)23-47-50(79-62)30(4)21-61(77-47)20-29(3)49-45(76-61)19-42-53(74-49)36(25-66-42)37(64)24-63/h27,29-30,32-47,49-58,63-64H,2,5,8-26H2,1,3-4,6-7H3. The summed E-state index contributed by atoms with van der Waals surface area (Å²) in [7, 11) is 0. The smallest absolute Gasteiger partial charge is 0.308 e. The zero-order valence-electron chi connectivity index (χ0n) is 47.9. The van der Waals surface area contributed by atoms with E-state index in [4.69, 9.17) is 75.8 Å². The lowest BCUT2D eigenvalue weighted by molar-refractivity contribution is -0.370. The first-order chi connectivity index (χ1) is 38.9. The minimum Gasteiger partial charge on any atom is -0.459 e. The number of carbonyl (C=O) groups excluding carboxylic acids is 1. The second-order valence-corrected chi connectivity index (χ2v) is 28.8. The van der Waals surface area contributed by atoms with Gasteiger partial charge in [0.2, 0.25) is 0 Å². The lowest BCUT2D eigenvalue weighted by Gasteiger charge is -2.54. The summed E-state index contributed by atoms with van der Waals surface area (Å²) in [6.07, 6.45) is 3.55. The molecule has 17 aliphatic heterocycles. The van der Waals surface area contributed by atoms with E-state index in [0.29, 0.717) is 70.8 Å². The molecule has 2 N–H and O–H groups in total. The second kappa shape index (κ2) is 19.9. The third-order valence-corrected chi connectivity index (χ3v) is 23.1. The third kappa shape index (κ3) is 9.05. The fourth-order valence-electron chi connectivity index (χ4n) is 19.3. The topological polar surface area (TPSA) is 205 Å². The first kappa shape index (κ1) is 54.6. The SMILES string of the molecule is C=C1CC2CCC34CC5(C)OC6C(O3)C3OC(CCC3OC6C5O4)CC(=O)OC3C(CC4OC(CCC1O2)CC(C)C4=C)OC1CC2OC4(CC2OC1C3C)CC1OC2(CC(C)C3OC5C(CC3O2)OCC5C(O)CO)CC(C)C1O4. The molecule has 19 heteroatoms. The number of rotatable bonds is 2. The van der Waals surface area contributed by atoms with E-state index < -0.39 is 59.6 Å². The summed E-state index contributed by atoms with van der Waals surface area (Å²) in [5.41, 5.74) is 1.61. The van der Waals surface area contributed by atoms with Gasteiger partial charge < -0.3 is 86.0 Å². The molecule has 17 aliphatic rings. The van der Waals surface area contributed by atoms with E-state index in [1.807, 2.05) is 0 Å². The molecule has 33 atom stereocenters. The molecule has 17 saturated heterocycles. The van der Waals surface area contributed by atoms with Crippen LogP contribution in [0.2, 0.25) is 0 Å². The normalized spacial score (nSPS) is 59.3. The monoisotopic (exact) mass is 1140 g/mol.